The molecule has 1 fully saturated rings. The molecule has 0 amide bonds. The summed E-state index contributed by atoms with van der Waals surface area (Å²) in [4.78, 5) is 23.0. The van der Waals surface area contributed by atoms with Crippen molar-refractivity contribution in [2.45, 2.75) is 198 Å². The molecule has 0 aromatic carbocycles. The Morgan fingerprint density at radius 2 is 1.04 bits per heavy atom. The fourth-order valence-electron chi connectivity index (χ4n) is 5.98. The number of carbonyl (C=O) groups excluding carboxylic acids is 1. The first-order valence-corrected chi connectivity index (χ1v) is 21.7. The predicted octanol–water partition coefficient (Wildman–Crippen LogP) is 6.97. The normalized spacial score (nSPS) is 24.1. The van der Waals surface area contributed by atoms with Crippen molar-refractivity contribution in [1.82, 2.24) is 0 Å². The maximum Gasteiger partial charge on any atom is 0.472 e. The number of hydrogen-bond acceptors (Lipinski definition) is 11. The third-order valence-electron chi connectivity index (χ3n) is 9.30. The molecule has 0 aromatic rings. The number of rotatable bonds is 33. The number of allylic oxidation sites excluding steroid dienone is 4. The average molecular weight is 765 g/mol. The largest absolute Gasteiger partial charge is 0.472 e. The summed E-state index contributed by atoms with van der Waals surface area (Å²) in [5.74, 6) is -0.491. The molecule has 13 heteroatoms. The minimum absolute atomic E-state index is 0.0827. The molecule has 306 valence electrons. The summed E-state index contributed by atoms with van der Waals surface area (Å²) in [6.07, 6.45) is 19.7. The first-order chi connectivity index (χ1) is 25.0. The quantitative estimate of drug-likeness (QED) is 0.0174. The molecule has 1 aliphatic carbocycles. The molecule has 0 aliphatic heterocycles. The van der Waals surface area contributed by atoms with Gasteiger partial charge in [0, 0.05) is 13.0 Å². The van der Waals surface area contributed by atoms with Gasteiger partial charge in [-0.1, -0.05) is 115 Å². The number of phosphoric ester groups is 1. The number of ether oxygens (including phenoxy) is 2. The summed E-state index contributed by atoms with van der Waals surface area (Å²) in [6.45, 7) is 4.16. The van der Waals surface area contributed by atoms with Gasteiger partial charge in [-0.3, -0.25) is 13.8 Å². The van der Waals surface area contributed by atoms with Crippen LogP contribution in [0.2, 0.25) is 0 Å². The van der Waals surface area contributed by atoms with Crippen molar-refractivity contribution in [2.75, 3.05) is 19.8 Å². The second-order valence-electron chi connectivity index (χ2n) is 14.1. The van der Waals surface area contributed by atoms with E-state index < -0.39 is 63.1 Å². The van der Waals surface area contributed by atoms with Gasteiger partial charge >= 0.3 is 13.8 Å². The summed E-state index contributed by atoms with van der Waals surface area (Å²) in [7, 11) is -5.01. The van der Waals surface area contributed by atoms with Gasteiger partial charge in [0.2, 0.25) is 0 Å². The predicted molar refractivity (Wildman–Crippen MR) is 203 cm³/mol. The molecule has 6 N–H and O–H groups in total. The molecule has 12 nitrogen and oxygen atoms in total. The number of unbranched alkanes of at least 4 members (excludes halogenated alkanes) is 17. The van der Waals surface area contributed by atoms with Crippen molar-refractivity contribution in [3.63, 3.8) is 0 Å². The zero-order chi connectivity index (χ0) is 38.5. The molecule has 6 atom stereocenters. The minimum atomic E-state index is -5.01. The van der Waals surface area contributed by atoms with E-state index in [-0.39, 0.29) is 13.0 Å². The molecule has 0 spiro atoms. The fourth-order valence-corrected chi connectivity index (χ4v) is 6.95. The number of carbonyl (C=O) groups is 1. The average Bonchev–Trinajstić information content (AvgIpc) is 3.12. The summed E-state index contributed by atoms with van der Waals surface area (Å²) >= 11 is 0. The summed E-state index contributed by atoms with van der Waals surface area (Å²) < 4.78 is 34.0. The van der Waals surface area contributed by atoms with Crippen LogP contribution in [-0.4, -0.2) is 98.9 Å². The van der Waals surface area contributed by atoms with Gasteiger partial charge in [-0.2, -0.15) is 0 Å². The van der Waals surface area contributed by atoms with Gasteiger partial charge in [0.25, 0.3) is 0 Å². The maximum atomic E-state index is 12.7. The molecule has 6 unspecified atom stereocenters. The van der Waals surface area contributed by atoms with E-state index in [0.717, 1.165) is 70.6 Å². The lowest BCUT2D eigenvalue weighted by molar-refractivity contribution is -0.220. The van der Waals surface area contributed by atoms with Crippen LogP contribution >= 0.6 is 7.82 Å². The molecule has 0 heterocycles. The number of aliphatic hydroxyl groups excluding tert-OH is 5. The molecule has 1 aliphatic rings. The second kappa shape index (κ2) is 31.1. The molecule has 0 radical (unpaired) electrons. The van der Waals surface area contributed by atoms with Crippen LogP contribution in [0.5, 0.6) is 0 Å². The molecule has 0 bridgehead atoms. The van der Waals surface area contributed by atoms with Crippen LogP contribution in [0.4, 0.5) is 0 Å². The molecule has 1 saturated carbocycles. The zero-order valence-electron chi connectivity index (χ0n) is 32.1. The van der Waals surface area contributed by atoms with E-state index in [9.17, 15) is 39.8 Å². The van der Waals surface area contributed by atoms with Crippen LogP contribution in [0, 0.1) is 0 Å². The summed E-state index contributed by atoms with van der Waals surface area (Å²) in [5, 5.41) is 50.0. The van der Waals surface area contributed by atoms with Crippen molar-refractivity contribution in [3.05, 3.63) is 24.3 Å². The van der Waals surface area contributed by atoms with Crippen molar-refractivity contribution in [3.8, 4) is 0 Å². The lowest BCUT2D eigenvalue weighted by Gasteiger charge is -2.41. The monoisotopic (exact) mass is 764 g/mol. The van der Waals surface area contributed by atoms with E-state index in [1.807, 2.05) is 0 Å². The number of hydrogen-bond donors (Lipinski definition) is 6. The Labute approximate surface area is 313 Å². The SMILES string of the molecule is CCCC/C=C\CCCCCCCC(=O)OC(COCCCCCCCC/C=C\CCCCCC)COP(=O)(O)OC1C(O)C(O)C(O)C(O)C1O. The molecular weight excluding hydrogens is 691 g/mol. The third-order valence-corrected chi connectivity index (χ3v) is 10.3. The highest BCUT2D eigenvalue weighted by atomic mass is 31.2. The minimum Gasteiger partial charge on any atom is -0.457 e. The highest BCUT2D eigenvalue weighted by Gasteiger charge is 2.51. The molecular formula is C39H73O12P. The fraction of sp³-hybridized carbons (Fsp3) is 0.872. The zero-order valence-corrected chi connectivity index (χ0v) is 33.0. The smallest absolute Gasteiger partial charge is 0.457 e. The first-order valence-electron chi connectivity index (χ1n) is 20.2. The summed E-state index contributed by atoms with van der Waals surface area (Å²) in [5.41, 5.74) is 0. The van der Waals surface area contributed by atoms with E-state index in [1.54, 1.807) is 0 Å². The summed E-state index contributed by atoms with van der Waals surface area (Å²) in [6, 6.07) is 0. The van der Waals surface area contributed by atoms with Gasteiger partial charge in [-0.15, -0.1) is 0 Å². The lowest BCUT2D eigenvalue weighted by atomic mass is 9.85. The maximum absolute atomic E-state index is 12.7. The third kappa shape index (κ3) is 23.6. The van der Waals surface area contributed by atoms with E-state index in [2.05, 4.69) is 38.2 Å². The lowest BCUT2D eigenvalue weighted by Crippen LogP contribution is -2.64. The van der Waals surface area contributed by atoms with Gasteiger partial charge in [-0.25, -0.2) is 4.57 Å². The van der Waals surface area contributed by atoms with Gasteiger partial charge < -0.3 is 39.9 Å². The van der Waals surface area contributed by atoms with E-state index in [1.165, 1.54) is 57.8 Å². The number of phosphoric acid groups is 1. The Hall–Kier alpha value is -1.18. The molecule has 52 heavy (non-hydrogen) atoms. The van der Waals surface area contributed by atoms with Gasteiger partial charge in [0.15, 0.2) is 0 Å². The van der Waals surface area contributed by atoms with Crippen molar-refractivity contribution in [1.29, 1.82) is 0 Å². The van der Waals surface area contributed by atoms with Crippen LogP contribution in [0.1, 0.15) is 155 Å². The van der Waals surface area contributed by atoms with Crippen molar-refractivity contribution in [2.24, 2.45) is 0 Å². The Bertz CT molecular complexity index is 963. The van der Waals surface area contributed by atoms with Crippen LogP contribution in [0.15, 0.2) is 24.3 Å². The van der Waals surface area contributed by atoms with Crippen LogP contribution in [0.3, 0.4) is 0 Å². The Balaban J connectivity index is 2.47. The number of esters is 1. The van der Waals surface area contributed by atoms with Crippen LogP contribution < -0.4 is 0 Å². The topological polar surface area (TPSA) is 192 Å². The van der Waals surface area contributed by atoms with Crippen LogP contribution in [0.25, 0.3) is 0 Å². The van der Waals surface area contributed by atoms with E-state index >= 15 is 0 Å². The van der Waals surface area contributed by atoms with Gasteiger partial charge in [0.1, 0.15) is 42.7 Å². The Kier molecular flexibility index (Phi) is 29.2. The Morgan fingerprint density at radius 1 is 0.596 bits per heavy atom. The standard InChI is InChI=1S/C39H73O12P/c1-3-5-7-9-11-13-15-16-17-19-21-23-25-27-29-48-30-32(50-33(40)28-26-24-22-20-18-14-12-10-8-6-4-2)31-49-52(46,47)51-39-37(44)35(42)34(41)36(43)38(39)45/h10,12-13,15,32,34-39,41-45H,3-9,11,14,16-31H2,1-2H3,(H,46,47)/b12-10-,15-13-. The van der Waals surface area contributed by atoms with Crippen molar-refractivity contribution >= 4 is 13.8 Å². The van der Waals surface area contributed by atoms with E-state index in [4.69, 9.17) is 18.5 Å². The van der Waals surface area contributed by atoms with Gasteiger partial charge in [-0.05, 0) is 57.8 Å². The molecule has 0 saturated heterocycles. The Morgan fingerprint density at radius 3 is 1.58 bits per heavy atom. The second-order valence-corrected chi connectivity index (χ2v) is 15.5. The van der Waals surface area contributed by atoms with Gasteiger partial charge in [0.05, 0.1) is 13.2 Å². The number of aliphatic hydroxyl groups is 5. The molecule has 0 aromatic heterocycles. The van der Waals surface area contributed by atoms with Crippen LogP contribution in [-0.2, 0) is 27.9 Å². The van der Waals surface area contributed by atoms with Crippen molar-refractivity contribution < 1.29 is 58.3 Å². The molecule has 1 rings (SSSR count). The highest BCUT2D eigenvalue weighted by Crippen LogP contribution is 2.47. The first kappa shape index (κ1) is 48.8. The highest BCUT2D eigenvalue weighted by molar-refractivity contribution is 7.47. The van der Waals surface area contributed by atoms with E-state index in [0.29, 0.717) is 13.0 Å².